The number of hydrogen-bond donors (Lipinski definition) is 1. The molecule has 1 N–H and O–H groups in total. The Bertz CT molecular complexity index is 824. The number of fused-ring (bicyclic) bond motifs is 1. The Morgan fingerprint density at radius 3 is 2.41 bits per heavy atom. The lowest BCUT2D eigenvalue weighted by Gasteiger charge is -2.25. The second-order valence-electron chi connectivity index (χ2n) is 7.31. The van der Waals surface area contributed by atoms with E-state index in [9.17, 15) is 9.59 Å². The molecule has 1 unspecified atom stereocenters. The van der Waals surface area contributed by atoms with Gasteiger partial charge in [0.15, 0.2) is 0 Å². The number of aryl methyl sites for hydroxylation is 2. The minimum absolute atomic E-state index is 0.0382. The van der Waals surface area contributed by atoms with Gasteiger partial charge in [-0.3, -0.25) is 9.59 Å². The molecular weight excluding hydrogens is 336 g/mol. The summed E-state index contributed by atoms with van der Waals surface area (Å²) in [6.07, 6.45) is 4.28. The molecule has 4 heteroatoms. The lowest BCUT2D eigenvalue weighted by atomic mass is 10.0. The summed E-state index contributed by atoms with van der Waals surface area (Å²) in [5.74, 6) is -0.176. The summed E-state index contributed by atoms with van der Waals surface area (Å²) >= 11 is 0. The molecule has 4 nitrogen and oxygen atoms in total. The van der Waals surface area contributed by atoms with Crippen LogP contribution in [-0.4, -0.2) is 23.3 Å². The summed E-state index contributed by atoms with van der Waals surface area (Å²) in [6.45, 7) is 6.74. The van der Waals surface area contributed by atoms with Crippen LogP contribution in [0.5, 0.6) is 0 Å². The predicted molar refractivity (Wildman–Crippen MR) is 109 cm³/mol. The predicted octanol–water partition coefficient (Wildman–Crippen LogP) is 5.02. The maximum atomic E-state index is 13.2. The highest BCUT2D eigenvalue weighted by Gasteiger charge is 2.40. The summed E-state index contributed by atoms with van der Waals surface area (Å²) < 4.78 is 0. The summed E-state index contributed by atoms with van der Waals surface area (Å²) in [4.78, 5) is 27.9. The Morgan fingerprint density at radius 2 is 1.70 bits per heavy atom. The molecule has 1 atom stereocenters. The van der Waals surface area contributed by atoms with Gasteiger partial charge in [0.1, 0.15) is 6.04 Å². The molecule has 1 heterocycles. The van der Waals surface area contributed by atoms with Gasteiger partial charge in [-0.2, -0.15) is 0 Å². The monoisotopic (exact) mass is 364 g/mol. The van der Waals surface area contributed by atoms with E-state index < -0.39 is 6.04 Å². The number of anilines is 1. The Labute approximate surface area is 161 Å². The Balaban J connectivity index is 1.86. The van der Waals surface area contributed by atoms with Crippen molar-refractivity contribution in [1.29, 1.82) is 0 Å². The molecule has 0 spiro atoms. The number of unbranched alkanes of at least 4 members (excludes halogenated alkanes) is 3. The molecule has 0 aromatic heterocycles. The first kappa shape index (κ1) is 19.2. The molecule has 1 aliphatic rings. The number of para-hydroxylation sites is 1. The minimum atomic E-state index is -0.561. The van der Waals surface area contributed by atoms with Crippen LogP contribution >= 0.6 is 0 Å². The van der Waals surface area contributed by atoms with E-state index >= 15 is 0 Å². The van der Waals surface area contributed by atoms with E-state index in [0.717, 1.165) is 48.1 Å². The summed E-state index contributed by atoms with van der Waals surface area (Å²) in [5, 5.41) is 3.08. The average molecular weight is 364 g/mol. The number of rotatable bonds is 7. The largest absolute Gasteiger partial charge is 0.323 e. The maximum Gasteiger partial charge on any atom is 0.255 e. The van der Waals surface area contributed by atoms with Crippen LogP contribution in [0.1, 0.15) is 65.7 Å². The topological polar surface area (TPSA) is 49.4 Å². The standard InChI is InChI=1S/C23H28N2O2/c1-4-5-6-9-15-25-21(18-13-7-8-14-19(18)23(25)27)22(26)24-20-16(2)11-10-12-17(20)3/h7-8,10-14,21H,4-6,9,15H2,1-3H3,(H,24,26). The van der Waals surface area contributed by atoms with Crippen LogP contribution in [-0.2, 0) is 4.79 Å². The van der Waals surface area contributed by atoms with Crippen molar-refractivity contribution in [2.75, 3.05) is 11.9 Å². The van der Waals surface area contributed by atoms with Gasteiger partial charge in [-0.15, -0.1) is 0 Å². The van der Waals surface area contributed by atoms with Gasteiger partial charge < -0.3 is 10.2 Å². The molecule has 3 rings (SSSR count). The molecule has 0 radical (unpaired) electrons. The summed E-state index contributed by atoms with van der Waals surface area (Å²) in [7, 11) is 0. The van der Waals surface area contributed by atoms with Gasteiger partial charge in [-0.05, 0) is 43.0 Å². The van der Waals surface area contributed by atoms with Gasteiger partial charge in [-0.25, -0.2) is 0 Å². The second-order valence-corrected chi connectivity index (χ2v) is 7.31. The Morgan fingerprint density at radius 1 is 1.00 bits per heavy atom. The Hall–Kier alpha value is -2.62. The fraction of sp³-hybridized carbons (Fsp3) is 0.391. The van der Waals surface area contributed by atoms with E-state index in [1.807, 2.05) is 56.3 Å². The van der Waals surface area contributed by atoms with Crippen LogP contribution in [0.4, 0.5) is 5.69 Å². The van der Waals surface area contributed by atoms with Crippen LogP contribution in [0, 0.1) is 13.8 Å². The molecule has 2 aromatic rings. The molecular formula is C23H28N2O2. The number of benzene rings is 2. The van der Waals surface area contributed by atoms with Crippen molar-refractivity contribution in [3.63, 3.8) is 0 Å². The minimum Gasteiger partial charge on any atom is -0.323 e. The lowest BCUT2D eigenvalue weighted by molar-refractivity contribution is -0.120. The zero-order valence-electron chi connectivity index (χ0n) is 16.4. The number of hydrogen-bond acceptors (Lipinski definition) is 2. The summed E-state index contributed by atoms with van der Waals surface area (Å²) in [5.41, 5.74) is 4.34. The number of nitrogens with one attached hydrogen (secondary N) is 1. The number of amides is 2. The number of nitrogens with zero attached hydrogens (tertiary/aromatic N) is 1. The van der Waals surface area contributed by atoms with Gasteiger partial charge in [0, 0.05) is 17.8 Å². The molecule has 0 bridgehead atoms. The highest BCUT2D eigenvalue weighted by molar-refractivity contribution is 6.08. The molecule has 27 heavy (non-hydrogen) atoms. The molecule has 0 fully saturated rings. The fourth-order valence-electron chi connectivity index (χ4n) is 3.80. The van der Waals surface area contributed by atoms with Gasteiger partial charge in [0.2, 0.25) is 0 Å². The third-order valence-corrected chi connectivity index (χ3v) is 5.29. The summed E-state index contributed by atoms with van der Waals surface area (Å²) in [6, 6.07) is 12.9. The number of carbonyl (C=O) groups is 2. The van der Waals surface area contributed by atoms with Crippen LogP contribution in [0.3, 0.4) is 0 Å². The highest BCUT2D eigenvalue weighted by atomic mass is 16.2. The maximum absolute atomic E-state index is 13.2. The van der Waals surface area contributed by atoms with Crippen molar-refractivity contribution in [1.82, 2.24) is 4.90 Å². The zero-order chi connectivity index (χ0) is 19.4. The smallest absolute Gasteiger partial charge is 0.255 e. The number of carbonyl (C=O) groups excluding carboxylic acids is 2. The van der Waals surface area contributed by atoms with Gasteiger partial charge >= 0.3 is 0 Å². The van der Waals surface area contributed by atoms with Gasteiger partial charge in [0.05, 0.1) is 0 Å². The molecule has 0 saturated heterocycles. The lowest BCUT2D eigenvalue weighted by Crippen LogP contribution is -2.36. The molecule has 1 aliphatic heterocycles. The fourth-order valence-corrected chi connectivity index (χ4v) is 3.80. The van der Waals surface area contributed by atoms with Crippen LogP contribution in [0.25, 0.3) is 0 Å². The molecule has 2 aromatic carbocycles. The zero-order valence-corrected chi connectivity index (χ0v) is 16.4. The van der Waals surface area contributed by atoms with E-state index in [4.69, 9.17) is 0 Å². The van der Waals surface area contributed by atoms with Crippen molar-refractivity contribution >= 4 is 17.5 Å². The van der Waals surface area contributed by atoms with Gasteiger partial charge in [0.25, 0.3) is 11.8 Å². The van der Waals surface area contributed by atoms with Crippen molar-refractivity contribution in [3.05, 3.63) is 64.7 Å². The first-order valence-electron chi connectivity index (χ1n) is 9.81. The first-order valence-corrected chi connectivity index (χ1v) is 9.81. The Kier molecular flexibility index (Phi) is 5.94. The molecule has 0 aliphatic carbocycles. The van der Waals surface area contributed by atoms with E-state index in [1.165, 1.54) is 0 Å². The van der Waals surface area contributed by atoms with Crippen molar-refractivity contribution in [2.45, 2.75) is 52.5 Å². The van der Waals surface area contributed by atoms with Crippen LogP contribution in [0.15, 0.2) is 42.5 Å². The SMILES string of the molecule is CCCCCCN1C(=O)c2ccccc2C1C(=O)Nc1c(C)cccc1C. The molecule has 0 saturated carbocycles. The average Bonchev–Trinajstić information content (AvgIpc) is 2.94. The van der Waals surface area contributed by atoms with E-state index in [1.54, 1.807) is 4.90 Å². The third kappa shape index (κ3) is 3.90. The molecule has 2 amide bonds. The molecule has 142 valence electrons. The second kappa shape index (κ2) is 8.38. The van der Waals surface area contributed by atoms with E-state index in [-0.39, 0.29) is 11.8 Å². The van der Waals surface area contributed by atoms with E-state index in [2.05, 4.69) is 12.2 Å². The van der Waals surface area contributed by atoms with Crippen molar-refractivity contribution < 1.29 is 9.59 Å². The normalized spacial score (nSPS) is 15.7. The quantitative estimate of drug-likeness (QED) is 0.701. The van der Waals surface area contributed by atoms with Crippen molar-refractivity contribution in [3.8, 4) is 0 Å². The third-order valence-electron chi connectivity index (χ3n) is 5.29. The highest BCUT2D eigenvalue weighted by Crippen LogP contribution is 2.35. The van der Waals surface area contributed by atoms with Gasteiger partial charge in [-0.1, -0.05) is 62.6 Å². The van der Waals surface area contributed by atoms with E-state index in [0.29, 0.717) is 12.1 Å². The van der Waals surface area contributed by atoms with Crippen molar-refractivity contribution in [2.24, 2.45) is 0 Å². The van der Waals surface area contributed by atoms with Crippen LogP contribution in [0.2, 0.25) is 0 Å². The van der Waals surface area contributed by atoms with Crippen LogP contribution < -0.4 is 5.32 Å². The first-order chi connectivity index (χ1) is 13.0.